The van der Waals surface area contributed by atoms with E-state index in [1.165, 1.54) is 6.08 Å². The Bertz CT molecular complexity index is 555. The van der Waals surface area contributed by atoms with Crippen molar-refractivity contribution in [3.05, 3.63) is 51.9 Å². The van der Waals surface area contributed by atoms with Gasteiger partial charge in [0.15, 0.2) is 0 Å². The Balaban J connectivity index is 3.00. The number of para-hydroxylation sites is 1. The lowest BCUT2D eigenvalue weighted by molar-refractivity contribution is 0.559. The molecule has 14 heavy (non-hydrogen) atoms. The van der Waals surface area contributed by atoms with Crippen molar-refractivity contribution in [3.63, 3.8) is 0 Å². The van der Waals surface area contributed by atoms with Gasteiger partial charge in [-0.2, -0.15) is 0 Å². The highest BCUT2D eigenvalue weighted by Gasteiger charge is 2.08. The molecule has 1 heterocycles. The van der Waals surface area contributed by atoms with E-state index in [1.807, 2.05) is 6.07 Å². The summed E-state index contributed by atoms with van der Waals surface area (Å²) in [6, 6.07) is 7.12. The summed E-state index contributed by atoms with van der Waals surface area (Å²) in [6.07, 6.45) is 1.40. The van der Waals surface area contributed by atoms with E-state index < -0.39 is 5.63 Å². The zero-order valence-electron chi connectivity index (χ0n) is 7.29. The van der Waals surface area contributed by atoms with Gasteiger partial charge in [-0.1, -0.05) is 36.4 Å². The fourth-order valence-corrected chi connectivity index (χ4v) is 1.61. The molecule has 2 nitrogen and oxygen atoms in total. The monoisotopic (exact) mass is 206 g/mol. The normalized spacial score (nSPS) is 10.4. The molecule has 70 valence electrons. The Morgan fingerprint density at radius 1 is 1.36 bits per heavy atom. The van der Waals surface area contributed by atoms with Crippen molar-refractivity contribution in [3.8, 4) is 0 Å². The standard InChI is InChI=1S/C11H7ClO2/c1-2-7-10(12)8-5-3-4-6-9(8)14-11(7)13/h2-6H,1H2. The van der Waals surface area contributed by atoms with Crippen LogP contribution in [0.4, 0.5) is 0 Å². The van der Waals surface area contributed by atoms with E-state index in [0.717, 1.165) is 5.39 Å². The van der Waals surface area contributed by atoms with E-state index >= 15 is 0 Å². The SMILES string of the molecule is C=Cc1c(Cl)c2ccccc2oc1=O. The molecular formula is C11H7ClO2. The summed E-state index contributed by atoms with van der Waals surface area (Å²) in [5.74, 6) is 0. The first kappa shape index (κ1) is 9.03. The Labute approximate surface area is 85.4 Å². The van der Waals surface area contributed by atoms with Crippen molar-refractivity contribution in [1.82, 2.24) is 0 Å². The third-order valence-electron chi connectivity index (χ3n) is 1.99. The van der Waals surface area contributed by atoms with Crippen LogP contribution in [0.25, 0.3) is 17.0 Å². The van der Waals surface area contributed by atoms with Crippen LogP contribution < -0.4 is 5.63 Å². The summed E-state index contributed by atoms with van der Waals surface area (Å²) in [6.45, 7) is 3.51. The van der Waals surface area contributed by atoms with Crippen LogP contribution in [0.15, 0.2) is 40.1 Å². The highest BCUT2D eigenvalue weighted by Crippen LogP contribution is 2.24. The predicted molar refractivity (Wildman–Crippen MR) is 57.6 cm³/mol. The molecule has 2 rings (SSSR count). The molecule has 2 aromatic rings. The minimum absolute atomic E-state index is 0.311. The molecule has 1 aromatic heterocycles. The van der Waals surface area contributed by atoms with Gasteiger partial charge in [0.1, 0.15) is 5.58 Å². The summed E-state index contributed by atoms with van der Waals surface area (Å²) in [5.41, 5.74) is 0.349. The lowest BCUT2D eigenvalue weighted by atomic mass is 10.2. The van der Waals surface area contributed by atoms with Crippen LogP contribution in [0, 0.1) is 0 Å². The summed E-state index contributed by atoms with van der Waals surface area (Å²) in [5, 5.41) is 1.12. The lowest BCUT2D eigenvalue weighted by Crippen LogP contribution is -2.03. The number of hydrogen-bond donors (Lipinski definition) is 0. The molecule has 0 saturated heterocycles. The number of hydrogen-bond acceptors (Lipinski definition) is 2. The molecule has 0 aliphatic rings. The Kier molecular flexibility index (Phi) is 2.14. The number of benzene rings is 1. The molecule has 3 heteroatoms. The maximum atomic E-state index is 11.4. The van der Waals surface area contributed by atoms with Crippen LogP contribution in [0.5, 0.6) is 0 Å². The summed E-state index contributed by atoms with van der Waals surface area (Å²) < 4.78 is 5.05. The number of fused-ring (bicyclic) bond motifs is 1. The average molecular weight is 207 g/mol. The van der Waals surface area contributed by atoms with Crippen LogP contribution >= 0.6 is 11.6 Å². The van der Waals surface area contributed by atoms with Gasteiger partial charge in [-0.05, 0) is 12.1 Å². The fourth-order valence-electron chi connectivity index (χ4n) is 1.30. The molecule has 0 aliphatic carbocycles. The van der Waals surface area contributed by atoms with E-state index in [1.54, 1.807) is 18.2 Å². The van der Waals surface area contributed by atoms with Crippen LogP contribution in [0.1, 0.15) is 5.56 Å². The molecule has 0 unspecified atom stereocenters. The fraction of sp³-hybridized carbons (Fsp3) is 0. The van der Waals surface area contributed by atoms with E-state index in [9.17, 15) is 4.79 Å². The summed E-state index contributed by atoms with van der Waals surface area (Å²) in [7, 11) is 0. The van der Waals surface area contributed by atoms with Gasteiger partial charge < -0.3 is 4.42 Å². The maximum Gasteiger partial charge on any atom is 0.345 e. The second kappa shape index (κ2) is 3.31. The molecule has 0 bridgehead atoms. The molecule has 0 aliphatic heterocycles. The second-order valence-electron chi connectivity index (χ2n) is 2.82. The van der Waals surface area contributed by atoms with Crippen molar-refractivity contribution < 1.29 is 4.42 Å². The van der Waals surface area contributed by atoms with E-state index in [-0.39, 0.29) is 0 Å². The van der Waals surface area contributed by atoms with Crippen LogP contribution in [0.3, 0.4) is 0 Å². The molecule has 1 aromatic carbocycles. The second-order valence-corrected chi connectivity index (χ2v) is 3.20. The molecule has 0 fully saturated rings. The zero-order chi connectivity index (χ0) is 10.1. The Morgan fingerprint density at radius 3 is 2.79 bits per heavy atom. The summed E-state index contributed by atoms with van der Waals surface area (Å²) >= 11 is 6.02. The highest BCUT2D eigenvalue weighted by atomic mass is 35.5. The first-order chi connectivity index (χ1) is 6.74. The molecule has 0 saturated carbocycles. The van der Waals surface area contributed by atoms with Crippen LogP contribution in [-0.4, -0.2) is 0 Å². The van der Waals surface area contributed by atoms with Gasteiger partial charge in [0.2, 0.25) is 0 Å². The van der Waals surface area contributed by atoms with Crippen molar-refractivity contribution in [2.45, 2.75) is 0 Å². The molecule has 0 N–H and O–H groups in total. The zero-order valence-corrected chi connectivity index (χ0v) is 8.04. The Morgan fingerprint density at radius 2 is 2.07 bits per heavy atom. The maximum absolute atomic E-state index is 11.4. The first-order valence-corrected chi connectivity index (χ1v) is 4.45. The van der Waals surface area contributed by atoms with E-state index in [0.29, 0.717) is 16.2 Å². The minimum Gasteiger partial charge on any atom is -0.422 e. The molecule has 0 amide bonds. The van der Waals surface area contributed by atoms with Gasteiger partial charge in [-0.3, -0.25) is 0 Å². The minimum atomic E-state index is -0.455. The third kappa shape index (κ3) is 1.24. The van der Waals surface area contributed by atoms with Gasteiger partial charge >= 0.3 is 5.63 Å². The largest absolute Gasteiger partial charge is 0.422 e. The first-order valence-electron chi connectivity index (χ1n) is 4.08. The van der Waals surface area contributed by atoms with Gasteiger partial charge in [-0.25, -0.2) is 4.79 Å². The van der Waals surface area contributed by atoms with Crippen molar-refractivity contribution >= 4 is 28.6 Å². The van der Waals surface area contributed by atoms with E-state index in [2.05, 4.69) is 6.58 Å². The highest BCUT2D eigenvalue weighted by molar-refractivity contribution is 6.36. The predicted octanol–water partition coefficient (Wildman–Crippen LogP) is 3.09. The average Bonchev–Trinajstić information content (AvgIpc) is 2.18. The van der Waals surface area contributed by atoms with Gasteiger partial charge in [0.25, 0.3) is 0 Å². The third-order valence-corrected chi connectivity index (χ3v) is 2.39. The van der Waals surface area contributed by atoms with Crippen molar-refractivity contribution in [1.29, 1.82) is 0 Å². The molecular weight excluding hydrogens is 200 g/mol. The summed E-state index contributed by atoms with van der Waals surface area (Å²) in [4.78, 5) is 11.4. The lowest BCUT2D eigenvalue weighted by Gasteiger charge is -2.00. The topological polar surface area (TPSA) is 30.2 Å². The number of halogens is 1. The van der Waals surface area contributed by atoms with Gasteiger partial charge in [0, 0.05) is 5.39 Å². The molecule has 0 spiro atoms. The molecule has 0 atom stereocenters. The Hall–Kier alpha value is -1.54. The van der Waals surface area contributed by atoms with Crippen molar-refractivity contribution in [2.24, 2.45) is 0 Å². The van der Waals surface area contributed by atoms with Crippen LogP contribution in [-0.2, 0) is 0 Å². The van der Waals surface area contributed by atoms with Crippen LogP contribution in [0.2, 0.25) is 5.02 Å². The van der Waals surface area contributed by atoms with Gasteiger partial charge in [-0.15, -0.1) is 0 Å². The smallest absolute Gasteiger partial charge is 0.345 e. The number of rotatable bonds is 1. The molecule has 0 radical (unpaired) electrons. The van der Waals surface area contributed by atoms with Gasteiger partial charge in [0.05, 0.1) is 10.6 Å². The quantitative estimate of drug-likeness (QED) is 0.672. The van der Waals surface area contributed by atoms with Crippen molar-refractivity contribution in [2.75, 3.05) is 0 Å². The van der Waals surface area contributed by atoms with E-state index in [4.69, 9.17) is 16.0 Å².